The maximum Gasteiger partial charge on any atom is 0.326 e. The highest BCUT2D eigenvalue weighted by molar-refractivity contribution is 5.93. The zero-order valence-electron chi connectivity index (χ0n) is 11.7. The molecule has 2 atom stereocenters. The fourth-order valence-electron chi connectivity index (χ4n) is 2.30. The number of hydrogen-bond donors (Lipinski definition) is 3. The number of ether oxygens (including phenoxy) is 1. The van der Waals surface area contributed by atoms with Gasteiger partial charge in [0.15, 0.2) is 0 Å². The van der Waals surface area contributed by atoms with Crippen LogP contribution in [0.15, 0.2) is 24.3 Å². The van der Waals surface area contributed by atoms with Gasteiger partial charge in [-0.25, -0.2) is 9.59 Å². The fourth-order valence-corrected chi connectivity index (χ4v) is 2.30. The Morgan fingerprint density at radius 3 is 2.90 bits per heavy atom. The van der Waals surface area contributed by atoms with Crippen molar-refractivity contribution in [1.82, 2.24) is 4.90 Å². The minimum absolute atomic E-state index is 0.00789. The Bertz CT molecular complexity index is 534. The summed E-state index contributed by atoms with van der Waals surface area (Å²) in [5, 5.41) is 21.2. The standard InChI is InChI=1S/C14H18N2O5/c1-2-21-11-5-3-4-9(6-11)15-14(20)16-8-10(17)7-12(16)13(18)19/h3-6,10,12,17H,2,7-8H2,1H3,(H,15,20)(H,18,19)/t10?,12-/m0/s1. The van der Waals surface area contributed by atoms with Crippen LogP contribution in [0.25, 0.3) is 0 Å². The van der Waals surface area contributed by atoms with Gasteiger partial charge in [0.05, 0.1) is 12.7 Å². The minimum Gasteiger partial charge on any atom is -0.494 e. The average molecular weight is 294 g/mol. The van der Waals surface area contributed by atoms with E-state index in [4.69, 9.17) is 9.84 Å². The van der Waals surface area contributed by atoms with Crippen LogP contribution in [0, 0.1) is 0 Å². The van der Waals surface area contributed by atoms with E-state index in [1.807, 2.05) is 6.92 Å². The van der Waals surface area contributed by atoms with Crippen LogP contribution in [-0.2, 0) is 4.79 Å². The zero-order chi connectivity index (χ0) is 15.4. The van der Waals surface area contributed by atoms with Gasteiger partial charge < -0.3 is 25.2 Å². The quantitative estimate of drug-likeness (QED) is 0.773. The number of β-amino-alcohol motifs (C(OH)–C–C–N with tert-alkyl or cyclic N) is 1. The molecule has 1 aliphatic rings. The number of amides is 2. The Morgan fingerprint density at radius 1 is 1.48 bits per heavy atom. The minimum atomic E-state index is -1.12. The molecule has 1 aliphatic heterocycles. The molecule has 1 heterocycles. The van der Waals surface area contributed by atoms with Gasteiger partial charge in [-0.3, -0.25) is 0 Å². The summed E-state index contributed by atoms with van der Waals surface area (Å²) in [6.07, 6.45) is -0.770. The highest BCUT2D eigenvalue weighted by atomic mass is 16.5. The molecule has 0 radical (unpaired) electrons. The normalized spacial score (nSPS) is 21.1. The summed E-state index contributed by atoms with van der Waals surface area (Å²) in [4.78, 5) is 24.4. The first-order valence-electron chi connectivity index (χ1n) is 6.72. The Balaban J connectivity index is 2.07. The van der Waals surface area contributed by atoms with Gasteiger partial charge in [-0.1, -0.05) is 6.07 Å². The predicted molar refractivity (Wildman–Crippen MR) is 75.4 cm³/mol. The number of nitrogens with one attached hydrogen (secondary N) is 1. The molecule has 2 amide bonds. The third kappa shape index (κ3) is 3.63. The SMILES string of the molecule is CCOc1cccc(NC(=O)N2CC(O)C[C@H]2C(=O)O)c1. The molecule has 3 N–H and O–H groups in total. The summed E-state index contributed by atoms with van der Waals surface area (Å²) in [5.41, 5.74) is 0.511. The molecule has 1 unspecified atom stereocenters. The number of likely N-dealkylation sites (tertiary alicyclic amines) is 1. The van der Waals surface area contributed by atoms with Gasteiger partial charge in [-0.15, -0.1) is 0 Å². The van der Waals surface area contributed by atoms with Crippen molar-refractivity contribution in [2.45, 2.75) is 25.5 Å². The lowest BCUT2D eigenvalue weighted by Crippen LogP contribution is -2.43. The van der Waals surface area contributed by atoms with E-state index >= 15 is 0 Å². The van der Waals surface area contributed by atoms with Gasteiger partial charge in [0.25, 0.3) is 0 Å². The van der Waals surface area contributed by atoms with E-state index in [1.54, 1.807) is 24.3 Å². The van der Waals surface area contributed by atoms with E-state index in [1.165, 1.54) is 0 Å². The van der Waals surface area contributed by atoms with Crippen molar-refractivity contribution in [3.05, 3.63) is 24.3 Å². The third-order valence-corrected chi connectivity index (χ3v) is 3.22. The van der Waals surface area contributed by atoms with Crippen LogP contribution in [0.3, 0.4) is 0 Å². The molecule has 1 aromatic rings. The molecule has 0 aromatic heterocycles. The molecule has 0 saturated carbocycles. The molecule has 0 aliphatic carbocycles. The average Bonchev–Trinajstić information content (AvgIpc) is 2.82. The molecular formula is C14H18N2O5. The number of carboxylic acid groups (broad SMARTS) is 1. The molecule has 1 aromatic carbocycles. The van der Waals surface area contributed by atoms with Crippen LogP contribution in [-0.4, -0.2) is 52.4 Å². The van der Waals surface area contributed by atoms with Crippen molar-refractivity contribution < 1.29 is 24.5 Å². The number of hydrogen-bond acceptors (Lipinski definition) is 4. The number of benzene rings is 1. The van der Waals surface area contributed by atoms with E-state index in [-0.39, 0.29) is 13.0 Å². The Kier molecular flexibility index (Phi) is 4.64. The van der Waals surface area contributed by atoms with Gasteiger partial charge in [0, 0.05) is 24.7 Å². The summed E-state index contributed by atoms with van der Waals surface area (Å²) in [5.74, 6) is -0.503. The second-order valence-electron chi connectivity index (χ2n) is 4.79. The van der Waals surface area contributed by atoms with Gasteiger partial charge in [0.1, 0.15) is 11.8 Å². The highest BCUT2D eigenvalue weighted by Gasteiger charge is 2.38. The first kappa shape index (κ1) is 15.1. The van der Waals surface area contributed by atoms with Crippen LogP contribution in [0.2, 0.25) is 0 Å². The smallest absolute Gasteiger partial charge is 0.326 e. The number of carbonyl (C=O) groups excluding carboxylic acids is 1. The Morgan fingerprint density at radius 2 is 2.24 bits per heavy atom. The third-order valence-electron chi connectivity index (χ3n) is 3.22. The highest BCUT2D eigenvalue weighted by Crippen LogP contribution is 2.21. The number of aliphatic hydroxyl groups excluding tert-OH is 1. The summed E-state index contributed by atoms with van der Waals surface area (Å²) in [6, 6.07) is 5.28. The van der Waals surface area contributed by atoms with Crippen molar-refractivity contribution in [2.24, 2.45) is 0 Å². The molecule has 114 valence electrons. The number of aliphatic hydroxyl groups is 1. The van der Waals surface area contributed by atoms with Crippen LogP contribution in [0.5, 0.6) is 5.75 Å². The number of nitrogens with zero attached hydrogens (tertiary/aromatic N) is 1. The molecule has 0 bridgehead atoms. The van der Waals surface area contributed by atoms with Crippen molar-refractivity contribution >= 4 is 17.7 Å². The zero-order valence-corrected chi connectivity index (χ0v) is 11.7. The van der Waals surface area contributed by atoms with Gasteiger partial charge >= 0.3 is 12.0 Å². The lowest BCUT2D eigenvalue weighted by molar-refractivity contribution is -0.141. The van der Waals surface area contributed by atoms with Gasteiger partial charge in [-0.2, -0.15) is 0 Å². The molecule has 21 heavy (non-hydrogen) atoms. The first-order chi connectivity index (χ1) is 10.0. The van der Waals surface area contributed by atoms with Gasteiger partial charge in [0.2, 0.25) is 0 Å². The second-order valence-corrected chi connectivity index (χ2v) is 4.79. The van der Waals surface area contributed by atoms with Crippen LogP contribution in [0.4, 0.5) is 10.5 Å². The number of carbonyl (C=O) groups is 2. The maximum absolute atomic E-state index is 12.1. The molecule has 1 saturated heterocycles. The van der Waals surface area contributed by atoms with E-state index in [0.29, 0.717) is 18.0 Å². The summed E-state index contributed by atoms with van der Waals surface area (Å²) >= 11 is 0. The second kappa shape index (κ2) is 6.45. The predicted octanol–water partition coefficient (Wildman–Crippen LogP) is 1.14. The summed E-state index contributed by atoms with van der Waals surface area (Å²) < 4.78 is 5.33. The number of aliphatic carboxylic acids is 1. The lowest BCUT2D eigenvalue weighted by atomic mass is 10.2. The van der Waals surface area contributed by atoms with Crippen molar-refractivity contribution in [1.29, 1.82) is 0 Å². The number of anilines is 1. The van der Waals surface area contributed by atoms with Crippen molar-refractivity contribution in [3.8, 4) is 5.75 Å². The van der Waals surface area contributed by atoms with Crippen LogP contribution < -0.4 is 10.1 Å². The maximum atomic E-state index is 12.1. The van der Waals surface area contributed by atoms with Crippen LogP contribution >= 0.6 is 0 Å². The summed E-state index contributed by atoms with van der Waals surface area (Å²) in [6.45, 7) is 2.37. The van der Waals surface area contributed by atoms with E-state index in [9.17, 15) is 14.7 Å². The monoisotopic (exact) mass is 294 g/mol. The topological polar surface area (TPSA) is 99.1 Å². The molecule has 7 heteroatoms. The van der Waals surface area contributed by atoms with E-state index in [2.05, 4.69) is 5.32 Å². The fraction of sp³-hybridized carbons (Fsp3) is 0.429. The Hall–Kier alpha value is -2.28. The largest absolute Gasteiger partial charge is 0.494 e. The van der Waals surface area contributed by atoms with Crippen LogP contribution in [0.1, 0.15) is 13.3 Å². The molecule has 0 spiro atoms. The van der Waals surface area contributed by atoms with Crippen molar-refractivity contribution in [2.75, 3.05) is 18.5 Å². The summed E-state index contributed by atoms with van der Waals surface area (Å²) in [7, 11) is 0. The number of rotatable bonds is 4. The Labute approximate surface area is 122 Å². The van der Waals surface area contributed by atoms with Crippen molar-refractivity contribution in [3.63, 3.8) is 0 Å². The molecule has 1 fully saturated rings. The van der Waals surface area contributed by atoms with E-state index < -0.39 is 24.1 Å². The molecular weight excluding hydrogens is 276 g/mol. The number of urea groups is 1. The number of carboxylic acids is 1. The molecule has 2 rings (SSSR count). The van der Waals surface area contributed by atoms with Gasteiger partial charge in [-0.05, 0) is 19.1 Å². The first-order valence-corrected chi connectivity index (χ1v) is 6.72. The lowest BCUT2D eigenvalue weighted by Gasteiger charge is -2.21. The molecule has 7 nitrogen and oxygen atoms in total. The van der Waals surface area contributed by atoms with E-state index in [0.717, 1.165) is 4.90 Å².